The van der Waals surface area contributed by atoms with Crippen LogP contribution in [0.3, 0.4) is 0 Å². The van der Waals surface area contributed by atoms with Crippen molar-refractivity contribution in [2.24, 2.45) is 11.8 Å². The standard InChI is InChI=1S/C15H9F2NO3S.C14H9F2NO2S.C13H11F2NO.C10H6F2O.C9H6F2.C6H5ClO2S.C4H7Br/c16-13-7-10-6-11(9-19)18(15(10)8-14(13)17)22(20,21)12-4-2-1-3-5-12;15-12-8-10-6-7-17(14(10)9-13(12)16)20(18,19)11-4-2-1-3-5-11;14-11-4-9-3-10(7-17)16(6-8-1-2-8)13(9)5-12(11)15;11-9-3-7-1-6(5-13)2-8(7)4-10(9)12;10-8-4-6-2-1-3-7(6)5-9(8)11;7-10(8,9)6-4-2-1-3-5-6;5-3-4-1-2-4/h1-9H;1-9H;3-5,7-8H,1-2,6H2;1,3-5H,2H2;1-2,4-5H,3H2;1-5H;4H,1-3H2. The Morgan fingerprint density at radius 2 is 0.888 bits per heavy atom. The minimum Gasteiger partial charge on any atom is -0.338 e. The van der Waals surface area contributed by atoms with Crippen LogP contribution in [0, 0.1) is 70.0 Å². The number of rotatable bonds is 11. The molecule has 2 saturated carbocycles. The number of fused-ring (bicyclic) bond motifs is 5. The molecule has 11 aromatic rings. The molecule has 0 atom stereocenters. The minimum atomic E-state index is -4.10. The quantitative estimate of drug-likeness (QED) is 0.0529. The maximum atomic E-state index is 13.5. The van der Waals surface area contributed by atoms with Gasteiger partial charge in [-0.15, -0.1) is 0 Å². The molecule has 27 heteroatoms. The van der Waals surface area contributed by atoms with Gasteiger partial charge >= 0.3 is 0 Å². The zero-order chi connectivity index (χ0) is 70.8. The molecule has 0 N–H and O–H groups in total. The zero-order valence-electron chi connectivity index (χ0n) is 50.8. The summed E-state index contributed by atoms with van der Waals surface area (Å²) in [6.07, 6.45) is 14.6. The smallest absolute Gasteiger partial charge is 0.268 e. The van der Waals surface area contributed by atoms with Crippen LogP contribution in [-0.2, 0) is 53.3 Å². The number of carbonyl (C=O) groups is 3. The van der Waals surface area contributed by atoms with Crippen molar-refractivity contribution in [1.82, 2.24) is 12.5 Å². The number of carbonyl (C=O) groups excluding carboxylic acids is 3. The van der Waals surface area contributed by atoms with Crippen LogP contribution in [0.1, 0.15) is 68.9 Å². The van der Waals surface area contributed by atoms with Crippen LogP contribution in [0.5, 0.6) is 0 Å². The monoisotopic (exact) mass is 1490 g/mol. The van der Waals surface area contributed by atoms with E-state index in [-0.39, 0.29) is 36.8 Å². The van der Waals surface area contributed by atoms with Crippen molar-refractivity contribution >= 4 is 119 Å². The number of benzene rings is 8. The fourth-order valence-corrected chi connectivity index (χ4v) is 14.3. The fourth-order valence-electron chi connectivity index (χ4n) is 9.95. The van der Waals surface area contributed by atoms with Crippen LogP contribution in [0.4, 0.5) is 43.9 Å². The molecule has 0 unspecified atom stereocenters. The van der Waals surface area contributed by atoms with E-state index in [1.54, 1.807) is 65.3 Å². The molecule has 508 valence electrons. The van der Waals surface area contributed by atoms with Gasteiger partial charge in [0, 0.05) is 69.5 Å². The van der Waals surface area contributed by atoms with Gasteiger partial charge < -0.3 is 4.57 Å². The normalized spacial score (nSPS) is 13.4. The van der Waals surface area contributed by atoms with Gasteiger partial charge in [0.1, 0.15) is 6.29 Å². The topological polar surface area (TPSA) is 168 Å². The van der Waals surface area contributed by atoms with E-state index in [0.717, 1.165) is 82.6 Å². The number of hydrogen-bond donors (Lipinski definition) is 0. The lowest BCUT2D eigenvalue weighted by Crippen LogP contribution is -2.15. The first-order valence-electron chi connectivity index (χ1n) is 29.5. The first-order chi connectivity index (χ1) is 46.6. The van der Waals surface area contributed by atoms with E-state index >= 15 is 0 Å². The molecule has 0 saturated heterocycles. The molecule has 8 aromatic carbocycles. The second-order valence-corrected chi connectivity index (χ2v) is 29.1. The Morgan fingerprint density at radius 1 is 0.449 bits per heavy atom. The molecule has 15 rings (SSSR count). The third-order valence-corrected chi connectivity index (χ3v) is 21.0. The molecule has 4 aliphatic carbocycles. The summed E-state index contributed by atoms with van der Waals surface area (Å²) in [6, 6.07) is 37.8. The number of nitrogens with zero attached hydrogens (tertiary/aromatic N) is 3. The fraction of sp³-hybridized carbons (Fsp3) is 0.141. The number of aldehydes is 3. The summed E-state index contributed by atoms with van der Waals surface area (Å²) in [5, 5.41) is 2.25. The van der Waals surface area contributed by atoms with E-state index in [1.807, 2.05) is 6.08 Å². The molecule has 0 spiro atoms. The van der Waals surface area contributed by atoms with Gasteiger partial charge in [0.15, 0.2) is 70.7 Å². The Labute approximate surface area is 568 Å². The summed E-state index contributed by atoms with van der Waals surface area (Å²) in [5.74, 6) is -7.78. The first kappa shape index (κ1) is 73.0. The highest BCUT2D eigenvalue weighted by atomic mass is 79.9. The Balaban J connectivity index is 0.000000138. The summed E-state index contributed by atoms with van der Waals surface area (Å²) in [6.45, 7) is 0.711. The van der Waals surface area contributed by atoms with Gasteiger partial charge in [0.2, 0.25) is 0 Å². The van der Waals surface area contributed by atoms with E-state index in [1.165, 1.54) is 103 Å². The molecule has 0 bridgehead atoms. The Bertz CT molecular complexity index is 5230. The van der Waals surface area contributed by atoms with Crippen LogP contribution in [0.2, 0.25) is 0 Å². The predicted molar refractivity (Wildman–Crippen MR) is 356 cm³/mol. The van der Waals surface area contributed by atoms with Gasteiger partial charge in [-0.1, -0.05) is 82.7 Å². The van der Waals surface area contributed by atoms with Crippen LogP contribution in [-0.4, -0.2) is 62.0 Å². The van der Waals surface area contributed by atoms with E-state index in [4.69, 9.17) is 10.7 Å². The van der Waals surface area contributed by atoms with E-state index in [0.29, 0.717) is 80.5 Å². The number of hydrogen-bond acceptors (Lipinski definition) is 9. The van der Waals surface area contributed by atoms with Crippen molar-refractivity contribution in [3.8, 4) is 0 Å². The SMILES string of the molecule is BrCC1CC1.Fc1cc2c(cc1F)CC=C2.O=CC1=Cc2cc(F)c(F)cc2C1.O=Cc1cc2cc(F)c(F)cc2n1CC1CC1.O=Cc1cc2cc(F)c(F)cc2n1S(=O)(=O)c1ccccc1.O=S(=O)(Cl)c1ccccc1.O=S(=O)(c1ccccc1)n1ccc2cc(F)c(F)cc21. The van der Waals surface area contributed by atoms with Gasteiger partial charge in [-0.25, -0.2) is 77.1 Å². The number of halogens is 12. The van der Waals surface area contributed by atoms with Gasteiger partial charge in [-0.05, 0) is 175 Å². The molecular formula is C71H53BrClF10N3O9S3. The summed E-state index contributed by atoms with van der Waals surface area (Å²) in [4.78, 5) is 32.7. The van der Waals surface area contributed by atoms with E-state index < -0.39 is 87.3 Å². The average molecular weight is 1490 g/mol. The second kappa shape index (κ2) is 31.5. The number of allylic oxidation sites excluding steroid dienone is 2. The molecule has 0 amide bonds. The second-order valence-electron chi connectivity index (χ2n) is 22.3. The molecular weight excluding hydrogens is 1440 g/mol. The Hall–Kier alpha value is -9.21. The highest BCUT2D eigenvalue weighted by Gasteiger charge is 2.27. The molecule has 0 aliphatic heterocycles. The predicted octanol–water partition coefficient (Wildman–Crippen LogP) is 17.3. The van der Waals surface area contributed by atoms with Gasteiger partial charge in [0.25, 0.3) is 29.1 Å². The summed E-state index contributed by atoms with van der Waals surface area (Å²) < 4.78 is 205. The van der Waals surface area contributed by atoms with Crippen molar-refractivity contribution in [2.75, 3.05) is 5.33 Å². The molecule has 12 nitrogen and oxygen atoms in total. The van der Waals surface area contributed by atoms with Crippen molar-refractivity contribution in [3.63, 3.8) is 0 Å². The van der Waals surface area contributed by atoms with Crippen molar-refractivity contribution < 1.29 is 83.5 Å². The molecule has 0 radical (unpaired) electrons. The maximum absolute atomic E-state index is 13.5. The molecule has 3 heterocycles. The lowest BCUT2D eigenvalue weighted by atomic mass is 10.1. The average Bonchev–Trinajstić information content (AvgIpc) is 1.58. The highest BCUT2D eigenvalue weighted by Crippen LogP contribution is 2.35. The lowest BCUT2D eigenvalue weighted by molar-refractivity contribution is -0.104. The molecule has 98 heavy (non-hydrogen) atoms. The minimum absolute atomic E-state index is 0.0552. The molecule has 4 aliphatic rings. The Morgan fingerprint density at radius 3 is 1.38 bits per heavy atom. The van der Waals surface area contributed by atoms with Crippen LogP contribution >= 0.6 is 26.6 Å². The van der Waals surface area contributed by atoms with Crippen molar-refractivity contribution in [1.29, 1.82) is 0 Å². The van der Waals surface area contributed by atoms with Gasteiger partial charge in [-0.3, -0.25) is 14.4 Å². The van der Waals surface area contributed by atoms with Crippen molar-refractivity contribution in [3.05, 3.63) is 280 Å². The summed E-state index contributed by atoms with van der Waals surface area (Å²) in [7, 11) is -6.42. The number of alkyl halides is 1. The third kappa shape index (κ3) is 17.7. The highest BCUT2D eigenvalue weighted by molar-refractivity contribution is 9.09. The van der Waals surface area contributed by atoms with E-state index in [2.05, 4.69) is 15.9 Å². The summed E-state index contributed by atoms with van der Waals surface area (Å²) >= 11 is 3.38. The van der Waals surface area contributed by atoms with Crippen LogP contribution in [0.25, 0.3) is 44.9 Å². The zero-order valence-corrected chi connectivity index (χ0v) is 55.6. The van der Waals surface area contributed by atoms with Gasteiger partial charge in [0.05, 0.1) is 42.6 Å². The van der Waals surface area contributed by atoms with Crippen LogP contribution in [0.15, 0.2) is 202 Å². The summed E-state index contributed by atoms with van der Waals surface area (Å²) in [5.41, 5.74) is 4.37. The Kier molecular flexibility index (Phi) is 23.5. The van der Waals surface area contributed by atoms with Crippen LogP contribution < -0.4 is 0 Å². The maximum Gasteiger partial charge on any atom is 0.268 e. The largest absolute Gasteiger partial charge is 0.338 e. The van der Waals surface area contributed by atoms with Crippen molar-refractivity contribution in [2.45, 2.75) is 59.8 Å². The lowest BCUT2D eigenvalue weighted by Gasteiger charge is -2.09. The molecule has 3 aromatic heterocycles. The third-order valence-electron chi connectivity index (χ3n) is 15.3. The molecule has 2 fully saturated rings. The first-order valence-corrected chi connectivity index (χ1v) is 35.8. The number of aromatic nitrogens is 3. The van der Waals surface area contributed by atoms with E-state index in [9.17, 15) is 83.5 Å². The van der Waals surface area contributed by atoms with Gasteiger partial charge in [-0.2, -0.15) is 0 Å².